The summed E-state index contributed by atoms with van der Waals surface area (Å²) in [5.74, 6) is 0. The molecule has 0 aromatic heterocycles. The Bertz CT molecular complexity index is 173. The van der Waals surface area contributed by atoms with Crippen LogP contribution in [-0.4, -0.2) is 77.1 Å². The molecule has 16 heavy (non-hydrogen) atoms. The van der Waals surface area contributed by atoms with Crippen LogP contribution in [0.5, 0.6) is 0 Å². The Morgan fingerprint density at radius 3 is 1.94 bits per heavy atom. The molecule has 0 unspecified atom stereocenters. The Kier molecular flexibility index (Phi) is 7.20. The number of rotatable bonds is 9. The molecule has 3 heteroatoms. The average Bonchev–Trinajstić information content (AvgIpc) is 2.10. The van der Waals surface area contributed by atoms with E-state index >= 15 is 0 Å². The quantitative estimate of drug-likeness (QED) is 0.433. The fourth-order valence-corrected chi connectivity index (χ4v) is 1.64. The van der Waals surface area contributed by atoms with E-state index in [2.05, 4.69) is 42.2 Å². The Balaban J connectivity index is 3.62. The highest BCUT2D eigenvalue weighted by Gasteiger charge is 2.16. The minimum absolute atomic E-state index is 0.894. The number of hydrogen-bond donors (Lipinski definition) is 0. The third-order valence-electron chi connectivity index (χ3n) is 2.78. The van der Waals surface area contributed by atoms with Crippen LogP contribution in [0.2, 0.25) is 0 Å². The van der Waals surface area contributed by atoms with Crippen LogP contribution in [0.15, 0.2) is 0 Å². The maximum Gasteiger partial charge on any atom is 0.102 e. The van der Waals surface area contributed by atoms with Crippen LogP contribution in [0, 0.1) is 0 Å². The van der Waals surface area contributed by atoms with Gasteiger partial charge < -0.3 is 13.7 Å². The van der Waals surface area contributed by atoms with Crippen LogP contribution in [0.4, 0.5) is 0 Å². The van der Waals surface area contributed by atoms with E-state index in [0.29, 0.717) is 0 Å². The van der Waals surface area contributed by atoms with Gasteiger partial charge in [-0.25, -0.2) is 0 Å². The molecule has 0 saturated heterocycles. The fourth-order valence-electron chi connectivity index (χ4n) is 1.64. The van der Waals surface area contributed by atoms with Crippen molar-refractivity contribution in [1.82, 2.24) is 0 Å². The van der Waals surface area contributed by atoms with Gasteiger partial charge in [0, 0.05) is 13.0 Å². The van der Waals surface area contributed by atoms with Crippen LogP contribution >= 0.6 is 0 Å². The van der Waals surface area contributed by atoms with Gasteiger partial charge in [0.05, 0.1) is 54.9 Å². The molecular formula is C13H32N2O+2. The molecule has 0 saturated carbocycles. The second kappa shape index (κ2) is 7.25. The topological polar surface area (TPSA) is 9.23 Å². The van der Waals surface area contributed by atoms with Crippen LogP contribution in [-0.2, 0) is 4.74 Å². The minimum atomic E-state index is 0.894. The van der Waals surface area contributed by atoms with Crippen molar-refractivity contribution in [2.45, 2.75) is 19.8 Å². The maximum absolute atomic E-state index is 5.55. The normalized spacial score (nSPS) is 13.1. The first-order chi connectivity index (χ1) is 7.27. The van der Waals surface area contributed by atoms with Gasteiger partial charge in [0.2, 0.25) is 0 Å². The molecule has 3 nitrogen and oxygen atoms in total. The first kappa shape index (κ1) is 15.9. The molecule has 0 N–H and O–H groups in total. The van der Waals surface area contributed by atoms with Crippen molar-refractivity contribution in [2.75, 3.05) is 68.1 Å². The minimum Gasteiger partial charge on any atom is -0.376 e. The predicted octanol–water partition coefficient (Wildman–Crippen LogP) is 1.59. The Morgan fingerprint density at radius 1 is 0.812 bits per heavy atom. The number of nitrogens with zero attached hydrogens (tertiary/aromatic N) is 2. The summed E-state index contributed by atoms with van der Waals surface area (Å²) in [6, 6.07) is 0. The second-order valence-electron chi connectivity index (χ2n) is 6.36. The largest absolute Gasteiger partial charge is 0.376 e. The van der Waals surface area contributed by atoms with E-state index in [1.807, 2.05) is 0 Å². The molecule has 0 heterocycles. The van der Waals surface area contributed by atoms with Gasteiger partial charge in [-0.1, -0.05) is 6.92 Å². The van der Waals surface area contributed by atoms with Gasteiger partial charge in [-0.2, -0.15) is 0 Å². The van der Waals surface area contributed by atoms with Crippen LogP contribution in [0.3, 0.4) is 0 Å². The molecule has 0 spiro atoms. The first-order valence-electron chi connectivity index (χ1n) is 6.47. The third-order valence-corrected chi connectivity index (χ3v) is 2.78. The molecule has 0 amide bonds. The summed E-state index contributed by atoms with van der Waals surface area (Å²) < 4.78 is 7.68. The van der Waals surface area contributed by atoms with E-state index in [1.165, 1.54) is 19.5 Å². The van der Waals surface area contributed by atoms with Crippen LogP contribution < -0.4 is 0 Å². The van der Waals surface area contributed by atoms with Gasteiger partial charge in [0.1, 0.15) is 6.54 Å². The average molecular weight is 232 g/mol. The molecule has 98 valence electrons. The van der Waals surface area contributed by atoms with Crippen molar-refractivity contribution >= 4 is 0 Å². The van der Waals surface area contributed by atoms with E-state index in [-0.39, 0.29) is 0 Å². The molecule has 0 aromatic rings. The van der Waals surface area contributed by atoms with Gasteiger partial charge in [-0.05, 0) is 6.42 Å². The molecule has 0 aliphatic rings. The first-order valence-corrected chi connectivity index (χ1v) is 6.47. The lowest BCUT2D eigenvalue weighted by Crippen LogP contribution is -2.45. The van der Waals surface area contributed by atoms with E-state index in [4.69, 9.17) is 4.74 Å². The van der Waals surface area contributed by atoms with Gasteiger partial charge in [-0.15, -0.1) is 0 Å². The summed E-state index contributed by atoms with van der Waals surface area (Å²) in [4.78, 5) is 0. The van der Waals surface area contributed by atoms with Crippen molar-refractivity contribution in [3.63, 3.8) is 0 Å². The summed E-state index contributed by atoms with van der Waals surface area (Å²) in [7, 11) is 11.4. The molecule has 0 rings (SSSR count). The fraction of sp³-hybridized carbons (Fsp3) is 1.00. The lowest BCUT2D eigenvalue weighted by atomic mass is 10.3. The zero-order valence-electron chi connectivity index (χ0n) is 12.3. The second-order valence-corrected chi connectivity index (χ2v) is 6.36. The van der Waals surface area contributed by atoms with Crippen molar-refractivity contribution in [2.24, 2.45) is 0 Å². The number of ether oxygens (including phenoxy) is 1. The lowest BCUT2D eigenvalue weighted by molar-refractivity contribution is -0.902. The Labute approximate surface area is 102 Å². The molecule has 0 radical (unpaired) electrons. The summed E-state index contributed by atoms with van der Waals surface area (Å²) in [6.45, 7) is 7.56. The Hall–Kier alpha value is -0.120. The molecule has 0 aliphatic heterocycles. The van der Waals surface area contributed by atoms with Crippen molar-refractivity contribution in [1.29, 1.82) is 0 Å². The van der Waals surface area contributed by atoms with Gasteiger partial charge in [0.25, 0.3) is 0 Å². The molecular weight excluding hydrogens is 200 g/mol. The van der Waals surface area contributed by atoms with E-state index in [9.17, 15) is 0 Å². The number of hydrogen-bond acceptors (Lipinski definition) is 1. The van der Waals surface area contributed by atoms with Gasteiger partial charge >= 0.3 is 0 Å². The summed E-state index contributed by atoms with van der Waals surface area (Å²) in [6.07, 6.45) is 2.40. The Morgan fingerprint density at radius 2 is 1.44 bits per heavy atom. The third kappa shape index (κ3) is 10.4. The smallest absolute Gasteiger partial charge is 0.102 e. The predicted molar refractivity (Wildman–Crippen MR) is 70.5 cm³/mol. The summed E-state index contributed by atoms with van der Waals surface area (Å²) >= 11 is 0. The molecule has 0 aliphatic carbocycles. The summed E-state index contributed by atoms with van der Waals surface area (Å²) in [5.41, 5.74) is 0. The highest BCUT2D eigenvalue weighted by molar-refractivity contribution is 4.38. The van der Waals surface area contributed by atoms with E-state index < -0.39 is 0 Å². The summed E-state index contributed by atoms with van der Waals surface area (Å²) in [5, 5.41) is 0. The molecule has 0 atom stereocenters. The zero-order chi connectivity index (χ0) is 12.7. The number of quaternary nitrogens is 2. The highest BCUT2D eigenvalue weighted by atomic mass is 16.5. The van der Waals surface area contributed by atoms with Crippen molar-refractivity contribution in [3.8, 4) is 0 Å². The molecule has 0 bridgehead atoms. The van der Waals surface area contributed by atoms with Gasteiger partial charge in [0.15, 0.2) is 0 Å². The molecule has 0 aromatic carbocycles. The standard InChI is InChI=1S/C13H32N2O/c1-7-12-16-13-11-15(5,6)10-8-9-14(2,3)4/h7-13H2,1-6H3/q+2. The SMILES string of the molecule is CCCOCC[N+](C)(C)CCC[N+](C)(C)C. The monoisotopic (exact) mass is 232 g/mol. The zero-order valence-corrected chi connectivity index (χ0v) is 12.3. The van der Waals surface area contributed by atoms with Crippen LogP contribution in [0.25, 0.3) is 0 Å². The van der Waals surface area contributed by atoms with Crippen molar-refractivity contribution < 1.29 is 13.7 Å². The highest BCUT2D eigenvalue weighted by Crippen LogP contribution is 2.02. The molecule has 0 fully saturated rings. The lowest BCUT2D eigenvalue weighted by Gasteiger charge is -2.31. The van der Waals surface area contributed by atoms with Crippen LogP contribution in [0.1, 0.15) is 19.8 Å². The maximum atomic E-state index is 5.55. The van der Waals surface area contributed by atoms with E-state index in [1.54, 1.807) is 0 Å². The number of likely N-dealkylation sites (N-methyl/N-ethyl adjacent to an activating group) is 1. The van der Waals surface area contributed by atoms with Gasteiger partial charge in [-0.3, -0.25) is 0 Å². The van der Waals surface area contributed by atoms with E-state index in [0.717, 1.165) is 35.1 Å². The van der Waals surface area contributed by atoms with Crippen molar-refractivity contribution in [3.05, 3.63) is 0 Å².